The molecule has 1 saturated heterocycles. The summed E-state index contributed by atoms with van der Waals surface area (Å²) in [4.78, 5) is 15.7. The highest BCUT2D eigenvalue weighted by molar-refractivity contribution is 5.67. The van der Waals surface area contributed by atoms with Crippen molar-refractivity contribution >= 4 is 6.09 Å². The Kier molecular flexibility index (Phi) is 5.71. The van der Waals surface area contributed by atoms with Crippen LogP contribution in [0.2, 0.25) is 0 Å². The van der Waals surface area contributed by atoms with Crippen molar-refractivity contribution in [2.75, 3.05) is 39.3 Å². The zero-order valence-electron chi connectivity index (χ0n) is 11.2. The molecular weight excluding hydrogens is 218 g/mol. The van der Waals surface area contributed by atoms with Crippen LogP contribution in [0.3, 0.4) is 0 Å². The van der Waals surface area contributed by atoms with E-state index in [4.69, 9.17) is 10.5 Å². The lowest BCUT2D eigenvalue weighted by Crippen LogP contribution is -2.55. The molecule has 5 heteroatoms. The standard InChI is InChI=1S/C12H25N3O2/c1-4-17-12(16)15-7-5-14(6-8-15)11(9-13)10(2)3/h10-11H,4-9,13H2,1-3H3. The first-order chi connectivity index (χ1) is 8.10. The Morgan fingerprint density at radius 2 is 1.88 bits per heavy atom. The number of amides is 1. The second-order valence-electron chi connectivity index (χ2n) is 4.77. The average Bonchev–Trinajstić information content (AvgIpc) is 2.30. The quantitative estimate of drug-likeness (QED) is 0.791. The third-order valence-corrected chi connectivity index (χ3v) is 3.32. The molecule has 0 radical (unpaired) electrons. The monoisotopic (exact) mass is 243 g/mol. The maximum Gasteiger partial charge on any atom is 0.409 e. The lowest BCUT2D eigenvalue weighted by atomic mass is 10.0. The molecule has 0 saturated carbocycles. The molecule has 1 aliphatic rings. The van der Waals surface area contributed by atoms with E-state index < -0.39 is 0 Å². The molecule has 0 spiro atoms. The summed E-state index contributed by atoms with van der Waals surface area (Å²) in [7, 11) is 0. The van der Waals surface area contributed by atoms with Crippen LogP contribution in [0.5, 0.6) is 0 Å². The highest BCUT2D eigenvalue weighted by Crippen LogP contribution is 2.13. The first kappa shape index (κ1) is 14.3. The molecule has 1 unspecified atom stereocenters. The number of nitrogens with zero attached hydrogens (tertiary/aromatic N) is 2. The number of carbonyl (C=O) groups excluding carboxylic acids is 1. The molecule has 17 heavy (non-hydrogen) atoms. The van der Waals surface area contributed by atoms with Crippen LogP contribution < -0.4 is 5.73 Å². The summed E-state index contributed by atoms with van der Waals surface area (Å²) in [5, 5.41) is 0. The zero-order valence-corrected chi connectivity index (χ0v) is 11.2. The van der Waals surface area contributed by atoms with Gasteiger partial charge in [-0.05, 0) is 12.8 Å². The van der Waals surface area contributed by atoms with Gasteiger partial charge in [0.15, 0.2) is 0 Å². The summed E-state index contributed by atoms with van der Waals surface area (Å²) in [6.45, 7) is 10.6. The largest absolute Gasteiger partial charge is 0.450 e. The number of hydrogen-bond donors (Lipinski definition) is 1. The van der Waals surface area contributed by atoms with Crippen molar-refractivity contribution < 1.29 is 9.53 Å². The number of hydrogen-bond acceptors (Lipinski definition) is 4. The van der Waals surface area contributed by atoms with Crippen molar-refractivity contribution in [3.8, 4) is 0 Å². The average molecular weight is 243 g/mol. The minimum Gasteiger partial charge on any atom is -0.450 e. The molecule has 0 aromatic rings. The van der Waals surface area contributed by atoms with Gasteiger partial charge in [-0.25, -0.2) is 4.79 Å². The van der Waals surface area contributed by atoms with E-state index in [9.17, 15) is 4.79 Å². The van der Waals surface area contributed by atoms with Gasteiger partial charge in [-0.1, -0.05) is 13.8 Å². The van der Waals surface area contributed by atoms with E-state index in [1.54, 1.807) is 4.90 Å². The molecule has 0 aromatic heterocycles. The normalized spacial score (nSPS) is 19.5. The first-order valence-corrected chi connectivity index (χ1v) is 6.46. The maximum atomic E-state index is 11.5. The number of piperazine rings is 1. The molecule has 1 amide bonds. The number of carbonyl (C=O) groups is 1. The van der Waals surface area contributed by atoms with Gasteiger partial charge in [-0.2, -0.15) is 0 Å². The summed E-state index contributed by atoms with van der Waals surface area (Å²) in [5.41, 5.74) is 5.80. The van der Waals surface area contributed by atoms with E-state index in [1.807, 2.05) is 6.92 Å². The highest BCUT2D eigenvalue weighted by atomic mass is 16.6. The molecule has 0 bridgehead atoms. The van der Waals surface area contributed by atoms with Crippen molar-refractivity contribution in [1.29, 1.82) is 0 Å². The van der Waals surface area contributed by atoms with Gasteiger partial charge in [-0.3, -0.25) is 4.90 Å². The Balaban J connectivity index is 2.42. The Morgan fingerprint density at radius 1 is 1.29 bits per heavy atom. The Bertz CT molecular complexity index is 238. The predicted molar refractivity (Wildman–Crippen MR) is 67.8 cm³/mol. The third-order valence-electron chi connectivity index (χ3n) is 3.32. The van der Waals surface area contributed by atoms with Crippen molar-refractivity contribution in [3.63, 3.8) is 0 Å². The predicted octanol–water partition coefficient (Wildman–Crippen LogP) is 0.744. The van der Waals surface area contributed by atoms with Gasteiger partial charge in [0, 0.05) is 38.8 Å². The lowest BCUT2D eigenvalue weighted by Gasteiger charge is -2.40. The number of rotatable bonds is 4. The smallest absolute Gasteiger partial charge is 0.409 e. The fourth-order valence-electron chi connectivity index (χ4n) is 2.29. The van der Waals surface area contributed by atoms with Gasteiger partial charge in [0.05, 0.1) is 6.61 Å². The number of nitrogens with two attached hydrogens (primary N) is 1. The van der Waals surface area contributed by atoms with E-state index in [1.165, 1.54) is 0 Å². The Morgan fingerprint density at radius 3 is 2.29 bits per heavy atom. The van der Waals surface area contributed by atoms with Gasteiger partial charge in [0.2, 0.25) is 0 Å². The maximum absolute atomic E-state index is 11.5. The van der Waals surface area contributed by atoms with Crippen LogP contribution in [0.1, 0.15) is 20.8 Å². The van der Waals surface area contributed by atoms with Crippen molar-refractivity contribution in [1.82, 2.24) is 9.80 Å². The molecule has 1 heterocycles. The minimum absolute atomic E-state index is 0.194. The van der Waals surface area contributed by atoms with Crippen LogP contribution in [0, 0.1) is 5.92 Å². The van der Waals surface area contributed by atoms with E-state index in [2.05, 4.69) is 18.7 Å². The van der Waals surface area contributed by atoms with E-state index in [0.29, 0.717) is 25.1 Å². The molecule has 2 N–H and O–H groups in total. The topological polar surface area (TPSA) is 58.8 Å². The Labute approximate surface area is 104 Å². The molecule has 0 aliphatic carbocycles. The van der Waals surface area contributed by atoms with Crippen LogP contribution in [0.15, 0.2) is 0 Å². The van der Waals surface area contributed by atoms with Crippen LogP contribution in [0.25, 0.3) is 0 Å². The molecule has 0 aromatic carbocycles. The molecule has 1 atom stereocenters. The van der Waals surface area contributed by atoms with Gasteiger partial charge in [-0.15, -0.1) is 0 Å². The fourth-order valence-corrected chi connectivity index (χ4v) is 2.29. The van der Waals surface area contributed by atoms with Crippen LogP contribution in [0.4, 0.5) is 4.79 Å². The highest BCUT2D eigenvalue weighted by Gasteiger charge is 2.27. The molecular formula is C12H25N3O2. The minimum atomic E-state index is -0.194. The van der Waals surface area contributed by atoms with Crippen LogP contribution >= 0.6 is 0 Å². The van der Waals surface area contributed by atoms with Gasteiger partial charge >= 0.3 is 6.09 Å². The zero-order chi connectivity index (χ0) is 12.8. The summed E-state index contributed by atoms with van der Waals surface area (Å²) >= 11 is 0. The molecule has 1 aliphatic heterocycles. The second kappa shape index (κ2) is 6.81. The Hall–Kier alpha value is -0.810. The second-order valence-corrected chi connectivity index (χ2v) is 4.77. The van der Waals surface area contributed by atoms with Gasteiger partial charge in [0.25, 0.3) is 0 Å². The van der Waals surface area contributed by atoms with E-state index >= 15 is 0 Å². The molecule has 100 valence electrons. The molecule has 1 rings (SSSR count). The molecule has 1 fully saturated rings. The lowest BCUT2D eigenvalue weighted by molar-refractivity contribution is 0.0585. The van der Waals surface area contributed by atoms with Gasteiger partial charge < -0.3 is 15.4 Å². The van der Waals surface area contributed by atoms with Gasteiger partial charge in [0.1, 0.15) is 0 Å². The van der Waals surface area contributed by atoms with Crippen LogP contribution in [-0.4, -0.2) is 61.3 Å². The fraction of sp³-hybridized carbons (Fsp3) is 0.917. The summed E-state index contributed by atoms with van der Waals surface area (Å²) in [6.07, 6.45) is -0.194. The van der Waals surface area contributed by atoms with Crippen LogP contribution in [-0.2, 0) is 4.74 Å². The van der Waals surface area contributed by atoms with Crippen molar-refractivity contribution in [2.45, 2.75) is 26.8 Å². The van der Waals surface area contributed by atoms with E-state index in [-0.39, 0.29) is 6.09 Å². The summed E-state index contributed by atoms with van der Waals surface area (Å²) in [6, 6.07) is 0.416. The first-order valence-electron chi connectivity index (χ1n) is 6.46. The molecule has 5 nitrogen and oxygen atoms in total. The van der Waals surface area contributed by atoms with Crippen molar-refractivity contribution in [2.24, 2.45) is 11.7 Å². The third kappa shape index (κ3) is 3.85. The summed E-state index contributed by atoms with van der Waals surface area (Å²) < 4.78 is 4.99. The summed E-state index contributed by atoms with van der Waals surface area (Å²) in [5.74, 6) is 0.550. The number of ether oxygens (including phenoxy) is 1. The van der Waals surface area contributed by atoms with Crippen molar-refractivity contribution in [3.05, 3.63) is 0 Å². The SMILES string of the molecule is CCOC(=O)N1CCN(C(CN)C(C)C)CC1. The van der Waals surface area contributed by atoms with E-state index in [0.717, 1.165) is 26.2 Å².